The monoisotopic (exact) mass is 212 g/mol. The zero-order valence-corrected chi connectivity index (χ0v) is 9.28. The van der Waals surface area contributed by atoms with E-state index in [9.17, 15) is 4.79 Å². The zero-order valence-electron chi connectivity index (χ0n) is 9.28. The lowest BCUT2D eigenvalue weighted by molar-refractivity contribution is -0.137. The molecule has 0 amide bonds. The largest absolute Gasteiger partial charge is 0.481 e. The Hall–Kier alpha value is -0.610. The van der Waals surface area contributed by atoms with E-state index >= 15 is 0 Å². The van der Waals surface area contributed by atoms with Gasteiger partial charge in [-0.25, -0.2) is 0 Å². The molecule has 86 valence electrons. The molecular formula is C11H20N2O2. The number of hydrogen-bond donors (Lipinski definition) is 2. The van der Waals surface area contributed by atoms with Gasteiger partial charge in [0.05, 0.1) is 6.42 Å². The van der Waals surface area contributed by atoms with Crippen molar-refractivity contribution in [2.45, 2.75) is 50.7 Å². The van der Waals surface area contributed by atoms with E-state index in [1.165, 1.54) is 12.8 Å². The van der Waals surface area contributed by atoms with Crippen LogP contribution in [-0.4, -0.2) is 47.2 Å². The molecule has 1 aliphatic carbocycles. The number of carboxylic acids is 1. The van der Waals surface area contributed by atoms with Crippen LogP contribution in [0.2, 0.25) is 0 Å². The first-order chi connectivity index (χ1) is 7.16. The van der Waals surface area contributed by atoms with E-state index in [1.54, 1.807) is 0 Å². The van der Waals surface area contributed by atoms with Crippen molar-refractivity contribution >= 4 is 5.97 Å². The predicted molar refractivity (Wildman–Crippen MR) is 57.9 cm³/mol. The highest BCUT2D eigenvalue weighted by molar-refractivity contribution is 5.67. The smallest absolute Gasteiger partial charge is 0.304 e. The maximum Gasteiger partial charge on any atom is 0.304 e. The van der Waals surface area contributed by atoms with Crippen LogP contribution >= 0.6 is 0 Å². The number of rotatable bonds is 3. The van der Waals surface area contributed by atoms with Crippen LogP contribution in [0.25, 0.3) is 0 Å². The summed E-state index contributed by atoms with van der Waals surface area (Å²) in [6, 6.07) is 1.47. The number of nitrogens with one attached hydrogen (secondary N) is 1. The van der Waals surface area contributed by atoms with Gasteiger partial charge < -0.3 is 10.4 Å². The Labute approximate surface area is 90.6 Å². The lowest BCUT2D eigenvalue weighted by Crippen LogP contribution is -2.42. The van der Waals surface area contributed by atoms with Crippen molar-refractivity contribution in [1.29, 1.82) is 0 Å². The highest BCUT2D eigenvalue weighted by Gasteiger charge is 2.35. The van der Waals surface area contributed by atoms with Crippen LogP contribution < -0.4 is 5.32 Å². The summed E-state index contributed by atoms with van der Waals surface area (Å²) in [4.78, 5) is 13.2. The second kappa shape index (κ2) is 4.49. The van der Waals surface area contributed by atoms with Crippen LogP contribution in [0.5, 0.6) is 0 Å². The van der Waals surface area contributed by atoms with Crippen molar-refractivity contribution in [2.75, 3.05) is 13.1 Å². The van der Waals surface area contributed by atoms with Gasteiger partial charge in [0.2, 0.25) is 0 Å². The van der Waals surface area contributed by atoms with Gasteiger partial charge >= 0.3 is 5.97 Å². The SMILES string of the molecule is CC1CCNC(CC(=O)O)CN1C1CC1. The summed E-state index contributed by atoms with van der Waals surface area (Å²) in [5.74, 6) is -0.696. The first-order valence-corrected chi connectivity index (χ1v) is 5.87. The molecule has 4 nitrogen and oxygen atoms in total. The average molecular weight is 212 g/mol. The summed E-state index contributed by atoms with van der Waals surface area (Å²) >= 11 is 0. The van der Waals surface area contributed by atoms with Crippen LogP contribution in [0.1, 0.15) is 32.6 Å². The molecule has 1 saturated heterocycles. The van der Waals surface area contributed by atoms with Crippen LogP contribution in [0.15, 0.2) is 0 Å². The maximum atomic E-state index is 10.7. The van der Waals surface area contributed by atoms with Crippen molar-refractivity contribution in [3.63, 3.8) is 0 Å². The normalized spacial score (nSPS) is 33.7. The minimum absolute atomic E-state index is 0.132. The molecule has 2 N–H and O–H groups in total. The molecule has 0 aromatic carbocycles. The second-order valence-electron chi connectivity index (χ2n) is 4.81. The Morgan fingerprint density at radius 3 is 2.80 bits per heavy atom. The highest BCUT2D eigenvalue weighted by atomic mass is 16.4. The topological polar surface area (TPSA) is 52.6 Å². The molecule has 2 aliphatic rings. The van der Waals surface area contributed by atoms with Gasteiger partial charge in [0.25, 0.3) is 0 Å². The molecule has 0 bridgehead atoms. The van der Waals surface area contributed by atoms with E-state index in [4.69, 9.17) is 5.11 Å². The summed E-state index contributed by atoms with van der Waals surface area (Å²) in [6.07, 6.45) is 3.97. The average Bonchev–Trinajstić information content (AvgIpc) is 2.93. The molecule has 2 unspecified atom stereocenters. The minimum Gasteiger partial charge on any atom is -0.481 e. The van der Waals surface area contributed by atoms with Gasteiger partial charge in [-0.2, -0.15) is 0 Å². The highest BCUT2D eigenvalue weighted by Crippen LogP contribution is 2.30. The van der Waals surface area contributed by atoms with Crippen molar-refractivity contribution < 1.29 is 9.90 Å². The van der Waals surface area contributed by atoms with Crippen LogP contribution in [0.3, 0.4) is 0 Å². The second-order valence-corrected chi connectivity index (χ2v) is 4.81. The zero-order chi connectivity index (χ0) is 10.8. The molecular weight excluding hydrogens is 192 g/mol. The van der Waals surface area contributed by atoms with Gasteiger partial charge in [-0.05, 0) is 32.7 Å². The van der Waals surface area contributed by atoms with Gasteiger partial charge in [-0.1, -0.05) is 0 Å². The van der Waals surface area contributed by atoms with E-state index in [-0.39, 0.29) is 12.5 Å². The fourth-order valence-corrected chi connectivity index (χ4v) is 2.42. The quantitative estimate of drug-likeness (QED) is 0.722. The summed E-state index contributed by atoms with van der Waals surface area (Å²) in [7, 11) is 0. The molecule has 4 heteroatoms. The first kappa shape index (κ1) is 10.9. The third-order valence-electron chi connectivity index (χ3n) is 3.43. The van der Waals surface area contributed by atoms with E-state index in [0.29, 0.717) is 6.04 Å². The molecule has 0 radical (unpaired) electrons. The number of nitrogens with zero attached hydrogens (tertiary/aromatic N) is 1. The molecule has 0 aromatic rings. The van der Waals surface area contributed by atoms with Crippen molar-refractivity contribution in [1.82, 2.24) is 10.2 Å². The molecule has 1 heterocycles. The summed E-state index contributed by atoms with van der Waals surface area (Å²) < 4.78 is 0. The standard InChI is InChI=1S/C11H20N2O2/c1-8-4-5-12-9(6-11(14)15)7-13(8)10-2-3-10/h8-10,12H,2-7H2,1H3,(H,14,15). The third-order valence-corrected chi connectivity index (χ3v) is 3.43. The van der Waals surface area contributed by atoms with Crippen molar-refractivity contribution in [3.05, 3.63) is 0 Å². The van der Waals surface area contributed by atoms with Gasteiger partial charge in [0, 0.05) is 24.7 Å². The van der Waals surface area contributed by atoms with Crippen LogP contribution in [0, 0.1) is 0 Å². The van der Waals surface area contributed by atoms with Gasteiger partial charge in [0.1, 0.15) is 0 Å². The van der Waals surface area contributed by atoms with E-state index in [0.717, 1.165) is 25.6 Å². The Morgan fingerprint density at radius 2 is 2.20 bits per heavy atom. The number of aliphatic carboxylic acids is 1. The van der Waals surface area contributed by atoms with Crippen LogP contribution in [0.4, 0.5) is 0 Å². The fraction of sp³-hybridized carbons (Fsp3) is 0.909. The predicted octanol–water partition coefficient (Wildman–Crippen LogP) is 0.676. The lowest BCUT2D eigenvalue weighted by atomic mass is 10.2. The Kier molecular flexibility index (Phi) is 3.26. The van der Waals surface area contributed by atoms with Crippen molar-refractivity contribution in [2.24, 2.45) is 0 Å². The minimum atomic E-state index is -0.696. The van der Waals surface area contributed by atoms with Gasteiger partial charge in [-0.3, -0.25) is 9.69 Å². The molecule has 0 spiro atoms. The maximum absolute atomic E-state index is 10.7. The Morgan fingerprint density at radius 1 is 1.47 bits per heavy atom. The van der Waals surface area contributed by atoms with Crippen molar-refractivity contribution in [3.8, 4) is 0 Å². The Balaban J connectivity index is 1.93. The molecule has 2 fully saturated rings. The molecule has 15 heavy (non-hydrogen) atoms. The number of carboxylic acid groups (broad SMARTS) is 1. The summed E-state index contributed by atoms with van der Waals surface area (Å²) in [5, 5.41) is 12.1. The summed E-state index contributed by atoms with van der Waals surface area (Å²) in [6.45, 7) is 4.10. The number of hydrogen-bond acceptors (Lipinski definition) is 3. The third kappa shape index (κ3) is 2.92. The molecule has 1 aliphatic heterocycles. The summed E-state index contributed by atoms with van der Waals surface area (Å²) in [5.41, 5.74) is 0. The molecule has 1 saturated carbocycles. The molecule has 2 rings (SSSR count). The van der Waals surface area contributed by atoms with E-state index < -0.39 is 5.97 Å². The fourth-order valence-electron chi connectivity index (χ4n) is 2.42. The first-order valence-electron chi connectivity index (χ1n) is 5.87. The van der Waals surface area contributed by atoms with Crippen LogP contribution in [-0.2, 0) is 4.79 Å². The van der Waals surface area contributed by atoms with Gasteiger partial charge in [-0.15, -0.1) is 0 Å². The lowest BCUT2D eigenvalue weighted by Gasteiger charge is -2.28. The van der Waals surface area contributed by atoms with E-state index in [1.807, 2.05) is 0 Å². The Bertz CT molecular complexity index is 241. The number of carbonyl (C=O) groups is 1. The van der Waals surface area contributed by atoms with Gasteiger partial charge in [0.15, 0.2) is 0 Å². The molecule has 2 atom stereocenters. The molecule has 0 aromatic heterocycles. The van der Waals surface area contributed by atoms with E-state index in [2.05, 4.69) is 17.1 Å².